The van der Waals surface area contributed by atoms with Gasteiger partial charge in [0.05, 0.1) is 6.61 Å². The lowest BCUT2D eigenvalue weighted by molar-refractivity contribution is -0.139. The molecule has 0 aromatic rings. The zero-order valence-electron chi connectivity index (χ0n) is 13.2. The van der Waals surface area contributed by atoms with Gasteiger partial charge in [0.15, 0.2) is 0 Å². The van der Waals surface area contributed by atoms with Crippen molar-refractivity contribution in [3.8, 4) is 0 Å². The second-order valence-corrected chi connectivity index (χ2v) is 7.10. The molecule has 0 amide bonds. The monoisotopic (exact) mass is 288 g/mol. The average Bonchev–Trinajstić information content (AvgIpc) is 3.28. The molecule has 0 aromatic carbocycles. The van der Waals surface area contributed by atoms with Gasteiger partial charge in [-0.05, 0) is 68.6 Å². The summed E-state index contributed by atoms with van der Waals surface area (Å²) in [7, 11) is 0. The summed E-state index contributed by atoms with van der Waals surface area (Å²) in [5.74, 6) is 3.13. The largest absolute Gasteiger partial charge is 0.462 e. The van der Waals surface area contributed by atoms with E-state index in [0.717, 1.165) is 30.3 Å². The first kappa shape index (κ1) is 14.9. The van der Waals surface area contributed by atoms with Crippen molar-refractivity contribution in [1.82, 2.24) is 0 Å². The number of carbonyl (C=O) groups is 1. The van der Waals surface area contributed by atoms with Gasteiger partial charge in [-0.1, -0.05) is 31.6 Å². The fourth-order valence-corrected chi connectivity index (χ4v) is 4.18. The van der Waals surface area contributed by atoms with Crippen molar-refractivity contribution >= 4 is 5.97 Å². The molecule has 2 nitrogen and oxygen atoms in total. The van der Waals surface area contributed by atoms with Crippen LogP contribution in [-0.4, -0.2) is 12.6 Å². The van der Waals surface area contributed by atoms with E-state index in [1.807, 2.05) is 0 Å². The van der Waals surface area contributed by atoms with Gasteiger partial charge < -0.3 is 4.74 Å². The first-order valence-electron chi connectivity index (χ1n) is 8.83. The van der Waals surface area contributed by atoms with Gasteiger partial charge in [0, 0.05) is 5.57 Å². The van der Waals surface area contributed by atoms with Crippen LogP contribution in [0.3, 0.4) is 0 Å². The highest BCUT2D eigenvalue weighted by Crippen LogP contribution is 2.44. The predicted molar refractivity (Wildman–Crippen MR) is 84.8 cm³/mol. The van der Waals surface area contributed by atoms with E-state index >= 15 is 0 Å². The molecule has 4 aliphatic rings. The summed E-state index contributed by atoms with van der Waals surface area (Å²) < 4.78 is 5.21. The van der Waals surface area contributed by atoms with Crippen LogP contribution in [-0.2, 0) is 9.53 Å². The van der Waals surface area contributed by atoms with Crippen LogP contribution in [0.4, 0.5) is 0 Å². The number of fused-ring (bicyclic) bond motifs is 4. The van der Waals surface area contributed by atoms with Gasteiger partial charge in [-0.2, -0.15) is 0 Å². The van der Waals surface area contributed by atoms with Crippen LogP contribution in [0.2, 0.25) is 0 Å². The number of rotatable bonds is 4. The number of allylic oxidation sites excluding steroid dienone is 3. The Balaban J connectivity index is 0.000000156. The topological polar surface area (TPSA) is 26.3 Å². The molecule has 2 fully saturated rings. The zero-order chi connectivity index (χ0) is 14.7. The Morgan fingerprint density at radius 1 is 1.10 bits per heavy atom. The van der Waals surface area contributed by atoms with Gasteiger partial charge in [-0.15, -0.1) is 0 Å². The molecular formula is C19H28O2. The molecule has 0 aromatic heterocycles. The number of esters is 1. The summed E-state index contributed by atoms with van der Waals surface area (Å²) in [6.07, 6.45) is 17.0. The summed E-state index contributed by atoms with van der Waals surface area (Å²) in [4.78, 5) is 11.6. The second-order valence-electron chi connectivity index (χ2n) is 7.10. The third-order valence-electron chi connectivity index (χ3n) is 5.46. The van der Waals surface area contributed by atoms with Crippen molar-refractivity contribution in [2.24, 2.45) is 23.7 Å². The average molecular weight is 288 g/mol. The summed E-state index contributed by atoms with van der Waals surface area (Å²) in [5.41, 5.74) is 0.970. The third-order valence-corrected chi connectivity index (χ3v) is 5.46. The van der Waals surface area contributed by atoms with E-state index in [4.69, 9.17) is 4.74 Å². The van der Waals surface area contributed by atoms with Crippen molar-refractivity contribution in [2.45, 2.75) is 58.3 Å². The summed E-state index contributed by atoms with van der Waals surface area (Å²) in [6.45, 7) is 2.69. The molecule has 4 aliphatic carbocycles. The highest BCUT2D eigenvalue weighted by Gasteiger charge is 2.36. The van der Waals surface area contributed by atoms with Crippen molar-refractivity contribution < 1.29 is 9.53 Å². The Morgan fingerprint density at radius 3 is 2.24 bits per heavy atom. The van der Waals surface area contributed by atoms with Crippen LogP contribution >= 0.6 is 0 Å². The van der Waals surface area contributed by atoms with Crippen LogP contribution in [0, 0.1) is 23.7 Å². The van der Waals surface area contributed by atoms with Crippen molar-refractivity contribution in [2.75, 3.05) is 6.61 Å². The fraction of sp³-hybridized carbons (Fsp3) is 0.737. The molecule has 4 bridgehead atoms. The smallest absolute Gasteiger partial charge is 0.333 e. The number of ether oxygens (including phenoxy) is 1. The molecule has 4 rings (SSSR count). The lowest BCUT2D eigenvalue weighted by atomic mass is 9.99. The van der Waals surface area contributed by atoms with E-state index in [9.17, 15) is 4.79 Å². The molecule has 0 N–H and O–H groups in total. The van der Waals surface area contributed by atoms with Crippen LogP contribution in [0.5, 0.6) is 0 Å². The Bertz CT molecular complexity index is 423. The minimum absolute atomic E-state index is 0.0503. The van der Waals surface area contributed by atoms with Crippen LogP contribution in [0.1, 0.15) is 58.3 Å². The van der Waals surface area contributed by atoms with Crippen LogP contribution in [0.25, 0.3) is 0 Å². The van der Waals surface area contributed by atoms with Gasteiger partial charge >= 0.3 is 5.97 Å². The first-order valence-corrected chi connectivity index (χ1v) is 8.83. The van der Waals surface area contributed by atoms with Crippen molar-refractivity contribution in [3.63, 3.8) is 0 Å². The van der Waals surface area contributed by atoms with Gasteiger partial charge in [0.25, 0.3) is 0 Å². The van der Waals surface area contributed by atoms with E-state index in [2.05, 4.69) is 25.2 Å². The Hall–Kier alpha value is -1.05. The van der Waals surface area contributed by atoms with Crippen molar-refractivity contribution in [3.05, 3.63) is 23.8 Å². The van der Waals surface area contributed by atoms with Crippen LogP contribution in [0.15, 0.2) is 23.8 Å². The first-order chi connectivity index (χ1) is 10.3. The number of unbranched alkanes of at least 4 members (excludes halogenated alkanes) is 1. The molecule has 0 saturated heterocycles. The lowest BCUT2D eigenvalue weighted by Gasteiger charge is -2.12. The summed E-state index contributed by atoms with van der Waals surface area (Å²) >= 11 is 0. The number of hydrogen-bond donors (Lipinski definition) is 0. The zero-order valence-corrected chi connectivity index (χ0v) is 13.2. The minimum atomic E-state index is -0.0503. The molecule has 0 aliphatic heterocycles. The lowest BCUT2D eigenvalue weighted by Crippen LogP contribution is -2.13. The predicted octanol–water partition coefficient (Wildman–Crippen LogP) is 4.66. The van der Waals surface area contributed by atoms with E-state index in [1.54, 1.807) is 0 Å². The molecule has 0 heterocycles. The number of carbonyl (C=O) groups excluding carboxylic acids is 1. The summed E-state index contributed by atoms with van der Waals surface area (Å²) in [6, 6.07) is 0. The Labute approximate surface area is 128 Å². The molecule has 21 heavy (non-hydrogen) atoms. The van der Waals surface area contributed by atoms with Gasteiger partial charge in [0.2, 0.25) is 0 Å². The van der Waals surface area contributed by atoms with E-state index < -0.39 is 0 Å². The van der Waals surface area contributed by atoms with E-state index in [-0.39, 0.29) is 5.97 Å². The van der Waals surface area contributed by atoms with Gasteiger partial charge in [-0.3, -0.25) is 0 Å². The normalized spacial score (nSPS) is 34.6. The second kappa shape index (κ2) is 6.81. The van der Waals surface area contributed by atoms with Crippen LogP contribution < -0.4 is 0 Å². The van der Waals surface area contributed by atoms with E-state index in [0.29, 0.717) is 18.4 Å². The Morgan fingerprint density at radius 2 is 1.81 bits per heavy atom. The molecule has 116 valence electrons. The Kier molecular flexibility index (Phi) is 4.82. The summed E-state index contributed by atoms with van der Waals surface area (Å²) in [5, 5.41) is 0. The van der Waals surface area contributed by atoms with E-state index in [1.165, 1.54) is 38.5 Å². The fourth-order valence-electron chi connectivity index (χ4n) is 4.18. The molecule has 2 heteroatoms. The molecule has 0 spiro atoms. The molecule has 2 saturated carbocycles. The minimum Gasteiger partial charge on any atom is -0.462 e. The quantitative estimate of drug-likeness (QED) is 0.427. The highest BCUT2D eigenvalue weighted by molar-refractivity contribution is 5.89. The van der Waals surface area contributed by atoms with Gasteiger partial charge in [-0.25, -0.2) is 4.79 Å². The highest BCUT2D eigenvalue weighted by atomic mass is 16.5. The maximum Gasteiger partial charge on any atom is 0.333 e. The standard InChI is InChI=1S/C12H18O2.C7H10/c1-2-3-6-14-12(13)11-8-9-4-5-10(11)7-9;1-2-7-4-3-6(1)5-7/h8-10H,2-7H2,1H3;1-2,6-7H,3-5H2. The molecular weight excluding hydrogens is 260 g/mol. The maximum atomic E-state index is 11.6. The maximum absolute atomic E-state index is 11.6. The molecule has 0 radical (unpaired) electrons. The molecule has 4 atom stereocenters. The number of hydrogen-bond acceptors (Lipinski definition) is 2. The van der Waals surface area contributed by atoms with Crippen molar-refractivity contribution in [1.29, 1.82) is 0 Å². The SMILES string of the molecule is C1=CC2CCC1C2.CCCCOC(=O)C1=CC2CCC1C2. The van der Waals surface area contributed by atoms with Gasteiger partial charge in [0.1, 0.15) is 0 Å². The molecule has 4 unspecified atom stereocenters. The third kappa shape index (κ3) is 3.59.